The Morgan fingerprint density at radius 3 is 2.59 bits per heavy atom. The Hall–Kier alpha value is -1.60. The maximum atomic E-state index is 13.2. The van der Waals surface area contributed by atoms with E-state index in [1.54, 1.807) is 0 Å². The Morgan fingerprint density at radius 1 is 1.53 bits per heavy atom. The van der Waals surface area contributed by atoms with Crippen molar-refractivity contribution in [2.24, 2.45) is 0 Å². The molecule has 0 unspecified atom stereocenters. The number of benzene rings is 1. The van der Waals surface area contributed by atoms with E-state index in [4.69, 9.17) is 23.2 Å². The molecule has 0 saturated heterocycles. The summed E-state index contributed by atoms with van der Waals surface area (Å²) in [6.45, 7) is 0. The van der Waals surface area contributed by atoms with Crippen molar-refractivity contribution in [3.63, 3.8) is 0 Å². The van der Waals surface area contributed by atoms with E-state index < -0.39 is 33.4 Å². The molecule has 1 aromatic rings. The number of hydrogen-bond acceptors (Lipinski definition) is 5. The van der Waals surface area contributed by atoms with E-state index in [1.165, 1.54) is 0 Å². The van der Waals surface area contributed by atoms with Gasteiger partial charge in [0, 0.05) is 6.07 Å². The van der Waals surface area contributed by atoms with Crippen molar-refractivity contribution in [3.8, 4) is 5.75 Å². The van der Waals surface area contributed by atoms with E-state index in [0.717, 1.165) is 7.11 Å². The fourth-order valence-corrected chi connectivity index (χ4v) is 1.53. The van der Waals surface area contributed by atoms with Gasteiger partial charge in [-0.25, -0.2) is 4.79 Å². The number of ether oxygens (including phenoxy) is 2. The molecule has 0 bridgehead atoms. The van der Waals surface area contributed by atoms with Crippen molar-refractivity contribution in [3.05, 3.63) is 32.0 Å². The van der Waals surface area contributed by atoms with Gasteiger partial charge in [0.1, 0.15) is 0 Å². The quantitative estimate of drug-likeness (QED) is 0.360. The zero-order valence-corrected chi connectivity index (χ0v) is 9.71. The third-order valence-corrected chi connectivity index (χ3v) is 2.27. The predicted molar refractivity (Wildman–Crippen MR) is 56.1 cm³/mol. The molecular formula is C8H4Cl2FNO5. The Balaban J connectivity index is 3.35. The predicted octanol–water partition coefficient (Wildman–Crippen LogP) is 3.19. The lowest BCUT2D eigenvalue weighted by Gasteiger charge is -2.07. The smallest absolute Gasteiger partial charge is 0.437 e. The van der Waals surface area contributed by atoms with E-state index in [-0.39, 0.29) is 5.02 Å². The average Bonchev–Trinajstić information content (AvgIpc) is 2.22. The normalized spacial score (nSPS) is 9.88. The van der Waals surface area contributed by atoms with Crippen LogP contribution in [0.1, 0.15) is 0 Å². The molecule has 1 aromatic carbocycles. The summed E-state index contributed by atoms with van der Waals surface area (Å²) in [6, 6.07) is 0.615. The maximum absolute atomic E-state index is 13.2. The van der Waals surface area contributed by atoms with Crippen LogP contribution in [-0.2, 0) is 4.74 Å². The van der Waals surface area contributed by atoms with Crippen LogP contribution >= 0.6 is 23.2 Å². The van der Waals surface area contributed by atoms with Crippen molar-refractivity contribution in [1.29, 1.82) is 0 Å². The second-order valence-corrected chi connectivity index (χ2v) is 3.43. The van der Waals surface area contributed by atoms with Crippen molar-refractivity contribution >= 4 is 35.0 Å². The zero-order valence-electron chi connectivity index (χ0n) is 8.20. The molecule has 0 heterocycles. The van der Waals surface area contributed by atoms with Crippen molar-refractivity contribution in [1.82, 2.24) is 0 Å². The molecule has 0 spiro atoms. The van der Waals surface area contributed by atoms with Crippen LogP contribution in [0.15, 0.2) is 6.07 Å². The molecule has 0 amide bonds. The second-order valence-electron chi connectivity index (χ2n) is 2.65. The first-order valence-corrected chi connectivity index (χ1v) is 4.71. The highest BCUT2D eigenvalue weighted by atomic mass is 35.5. The molecule has 17 heavy (non-hydrogen) atoms. The molecule has 1 rings (SSSR count). The minimum absolute atomic E-state index is 0.386. The van der Waals surface area contributed by atoms with Crippen molar-refractivity contribution < 1.29 is 23.6 Å². The van der Waals surface area contributed by atoms with E-state index in [2.05, 4.69) is 9.47 Å². The monoisotopic (exact) mass is 283 g/mol. The lowest BCUT2D eigenvalue weighted by Crippen LogP contribution is -2.09. The molecular weight excluding hydrogens is 280 g/mol. The van der Waals surface area contributed by atoms with E-state index >= 15 is 0 Å². The van der Waals surface area contributed by atoms with Crippen LogP contribution in [0.3, 0.4) is 0 Å². The first-order valence-electron chi connectivity index (χ1n) is 3.96. The fourth-order valence-electron chi connectivity index (χ4n) is 0.948. The number of nitro groups is 1. The Morgan fingerprint density at radius 2 is 2.12 bits per heavy atom. The fraction of sp³-hybridized carbons (Fsp3) is 0.125. The summed E-state index contributed by atoms with van der Waals surface area (Å²) >= 11 is 11.0. The molecule has 92 valence electrons. The van der Waals surface area contributed by atoms with Gasteiger partial charge in [-0.1, -0.05) is 23.2 Å². The molecule has 9 heteroatoms. The third kappa shape index (κ3) is 2.75. The van der Waals surface area contributed by atoms with E-state index in [1.807, 2.05) is 0 Å². The molecule has 0 radical (unpaired) electrons. The van der Waals surface area contributed by atoms with Gasteiger partial charge in [-0.2, -0.15) is 4.39 Å². The van der Waals surface area contributed by atoms with Crippen LogP contribution in [0, 0.1) is 15.9 Å². The topological polar surface area (TPSA) is 78.7 Å². The summed E-state index contributed by atoms with van der Waals surface area (Å²) < 4.78 is 21.8. The summed E-state index contributed by atoms with van der Waals surface area (Å²) in [5.74, 6) is -1.77. The molecule has 0 aromatic heterocycles. The first-order chi connectivity index (χ1) is 7.88. The largest absolute Gasteiger partial charge is 0.513 e. The molecule has 0 N–H and O–H groups in total. The summed E-state index contributed by atoms with van der Waals surface area (Å²) in [6.07, 6.45) is -1.19. The average molecular weight is 284 g/mol. The number of methoxy groups -OCH3 is 1. The van der Waals surface area contributed by atoms with Gasteiger partial charge < -0.3 is 9.47 Å². The zero-order chi connectivity index (χ0) is 13.2. The summed E-state index contributed by atoms with van der Waals surface area (Å²) in [7, 11) is 1.02. The van der Waals surface area contributed by atoms with Gasteiger partial charge in [-0.05, 0) is 0 Å². The van der Waals surface area contributed by atoms with Crippen LogP contribution in [0.5, 0.6) is 5.75 Å². The number of hydrogen-bond donors (Lipinski definition) is 0. The van der Waals surface area contributed by atoms with Crippen LogP contribution in [0.4, 0.5) is 14.9 Å². The van der Waals surface area contributed by atoms with Gasteiger partial charge in [-0.15, -0.1) is 0 Å². The first kappa shape index (κ1) is 13.5. The summed E-state index contributed by atoms with van der Waals surface area (Å²) in [5.41, 5.74) is -1.03. The van der Waals surface area contributed by atoms with Crippen molar-refractivity contribution in [2.75, 3.05) is 7.11 Å². The minimum Gasteiger partial charge on any atom is -0.437 e. The molecule has 0 aliphatic heterocycles. The van der Waals surface area contributed by atoms with E-state index in [9.17, 15) is 19.3 Å². The number of carbonyl (C=O) groups excluding carboxylic acids is 1. The summed E-state index contributed by atoms with van der Waals surface area (Å²) in [5, 5.41) is 9.42. The number of halogens is 3. The highest BCUT2D eigenvalue weighted by molar-refractivity contribution is 6.38. The molecule has 0 fully saturated rings. The Bertz CT molecular complexity index is 493. The van der Waals surface area contributed by atoms with Crippen LogP contribution in [-0.4, -0.2) is 18.2 Å². The van der Waals surface area contributed by atoms with Gasteiger partial charge in [0.25, 0.3) is 0 Å². The SMILES string of the molecule is COC(=O)Oc1c(Cl)cc(F)c([N+](=O)[O-])c1Cl. The number of rotatable bonds is 2. The van der Waals surface area contributed by atoms with Crippen LogP contribution in [0.2, 0.25) is 10.0 Å². The molecule has 0 aliphatic carbocycles. The molecule has 6 nitrogen and oxygen atoms in total. The van der Waals surface area contributed by atoms with Gasteiger partial charge in [0.15, 0.2) is 10.8 Å². The lowest BCUT2D eigenvalue weighted by atomic mass is 10.3. The molecule has 0 aliphatic rings. The molecule has 0 atom stereocenters. The number of nitrogens with zero attached hydrogens (tertiary/aromatic N) is 1. The van der Waals surface area contributed by atoms with Gasteiger partial charge in [0.05, 0.1) is 17.1 Å². The highest BCUT2D eigenvalue weighted by Crippen LogP contribution is 2.41. The van der Waals surface area contributed by atoms with Crippen LogP contribution < -0.4 is 4.74 Å². The van der Waals surface area contributed by atoms with E-state index in [0.29, 0.717) is 6.07 Å². The Kier molecular flexibility index (Phi) is 4.08. The van der Waals surface area contributed by atoms with Crippen LogP contribution in [0.25, 0.3) is 0 Å². The standard InChI is InChI=1S/C8H4Cl2FNO5/c1-16-8(13)17-7-3(9)2-4(11)6(5(7)10)12(14)15/h2H,1H3. The number of nitro benzene ring substituents is 1. The van der Waals surface area contributed by atoms with Gasteiger partial charge >= 0.3 is 11.8 Å². The highest BCUT2D eigenvalue weighted by Gasteiger charge is 2.27. The summed E-state index contributed by atoms with van der Waals surface area (Å²) in [4.78, 5) is 20.3. The van der Waals surface area contributed by atoms with Crippen molar-refractivity contribution in [2.45, 2.75) is 0 Å². The second kappa shape index (κ2) is 5.15. The van der Waals surface area contributed by atoms with Gasteiger partial charge in [-0.3, -0.25) is 10.1 Å². The minimum atomic E-state index is -1.23. The number of carbonyl (C=O) groups is 1. The van der Waals surface area contributed by atoms with Gasteiger partial charge in [0.2, 0.25) is 5.82 Å². The maximum Gasteiger partial charge on any atom is 0.513 e. The lowest BCUT2D eigenvalue weighted by molar-refractivity contribution is -0.387. The Labute approximate surface area is 104 Å². The third-order valence-electron chi connectivity index (χ3n) is 1.64. The molecule has 0 saturated carbocycles.